The molecule has 2 rings (SSSR count). The van der Waals surface area contributed by atoms with Crippen LogP contribution in [0.1, 0.15) is 25.8 Å². The zero-order valence-corrected chi connectivity index (χ0v) is 14.2. The van der Waals surface area contributed by atoms with Crippen molar-refractivity contribution in [3.05, 3.63) is 30.1 Å². The number of aromatic nitrogens is 1. The number of hydrogen-bond acceptors (Lipinski definition) is 5. The molecule has 3 N–H and O–H groups in total. The third kappa shape index (κ3) is 5.90. The summed E-state index contributed by atoms with van der Waals surface area (Å²) in [5, 5.41) is 8.81. The Morgan fingerprint density at radius 1 is 1.46 bits per heavy atom. The molecule has 1 fully saturated rings. The van der Waals surface area contributed by atoms with Crippen molar-refractivity contribution in [2.45, 2.75) is 38.9 Å². The van der Waals surface area contributed by atoms with Crippen LogP contribution in [-0.4, -0.2) is 48.6 Å². The lowest BCUT2D eigenvalue weighted by atomic mass is 10.0. The fourth-order valence-electron chi connectivity index (χ4n) is 2.52. The van der Waals surface area contributed by atoms with Gasteiger partial charge in [-0.15, -0.1) is 0 Å². The van der Waals surface area contributed by atoms with Gasteiger partial charge in [-0.2, -0.15) is 0 Å². The van der Waals surface area contributed by atoms with Crippen molar-refractivity contribution in [3.63, 3.8) is 0 Å². The monoisotopic (exact) mass is 334 g/mol. The van der Waals surface area contributed by atoms with Gasteiger partial charge in [0.1, 0.15) is 12.1 Å². The first-order chi connectivity index (χ1) is 11.6. The van der Waals surface area contributed by atoms with E-state index in [4.69, 9.17) is 4.74 Å². The van der Waals surface area contributed by atoms with Crippen LogP contribution in [0.2, 0.25) is 0 Å². The van der Waals surface area contributed by atoms with E-state index in [0.717, 1.165) is 5.56 Å². The third-order valence-corrected chi connectivity index (χ3v) is 3.77. The number of carbonyl (C=O) groups is 2. The number of nitrogens with one attached hydrogen (secondary N) is 3. The van der Waals surface area contributed by atoms with Crippen LogP contribution < -0.4 is 16.0 Å². The summed E-state index contributed by atoms with van der Waals surface area (Å²) in [6.45, 7) is 6.01. The second kappa shape index (κ2) is 9.34. The number of amides is 2. The smallest absolute Gasteiger partial charge is 0.242 e. The van der Waals surface area contributed by atoms with Gasteiger partial charge in [0.25, 0.3) is 0 Å². The van der Waals surface area contributed by atoms with Gasteiger partial charge >= 0.3 is 0 Å². The zero-order valence-electron chi connectivity index (χ0n) is 14.2. The Balaban J connectivity index is 1.90. The molecule has 7 nitrogen and oxygen atoms in total. The normalized spacial score (nSPS) is 18.9. The molecule has 0 saturated carbocycles. The summed E-state index contributed by atoms with van der Waals surface area (Å²) in [5.41, 5.74) is 0.919. The predicted molar refractivity (Wildman–Crippen MR) is 90.1 cm³/mol. The van der Waals surface area contributed by atoms with Crippen molar-refractivity contribution >= 4 is 11.8 Å². The van der Waals surface area contributed by atoms with Crippen LogP contribution in [-0.2, 0) is 20.9 Å². The van der Waals surface area contributed by atoms with Gasteiger partial charge in [0.2, 0.25) is 11.8 Å². The van der Waals surface area contributed by atoms with Crippen LogP contribution in [0.5, 0.6) is 0 Å². The lowest BCUT2D eigenvalue weighted by molar-refractivity contribution is -0.132. The second-order valence-corrected chi connectivity index (χ2v) is 6.35. The second-order valence-electron chi connectivity index (χ2n) is 6.35. The Hall–Kier alpha value is -1.99. The number of ether oxygens (including phenoxy) is 1. The van der Waals surface area contributed by atoms with Gasteiger partial charge in [0.15, 0.2) is 0 Å². The van der Waals surface area contributed by atoms with Gasteiger partial charge in [-0.25, -0.2) is 0 Å². The Morgan fingerprint density at radius 3 is 2.92 bits per heavy atom. The molecule has 0 aliphatic carbocycles. The molecule has 1 aliphatic heterocycles. The summed E-state index contributed by atoms with van der Waals surface area (Å²) in [7, 11) is 0. The first kappa shape index (κ1) is 18.4. The SMILES string of the molecule is CC(C)C[C@H](NC(=O)[C@@H]1COCCN1)C(=O)NCc1cccnc1. The highest BCUT2D eigenvalue weighted by atomic mass is 16.5. The van der Waals surface area contributed by atoms with E-state index in [0.29, 0.717) is 32.7 Å². The molecule has 0 aromatic carbocycles. The summed E-state index contributed by atoms with van der Waals surface area (Å²) < 4.78 is 5.30. The maximum Gasteiger partial charge on any atom is 0.242 e. The molecule has 0 radical (unpaired) electrons. The van der Waals surface area contributed by atoms with Gasteiger partial charge in [-0.3, -0.25) is 14.6 Å². The average Bonchev–Trinajstić information content (AvgIpc) is 2.60. The van der Waals surface area contributed by atoms with E-state index in [1.807, 2.05) is 26.0 Å². The van der Waals surface area contributed by atoms with Crippen molar-refractivity contribution in [2.75, 3.05) is 19.8 Å². The lowest BCUT2D eigenvalue weighted by Crippen LogP contribution is -2.56. The fourth-order valence-corrected chi connectivity index (χ4v) is 2.52. The van der Waals surface area contributed by atoms with Crippen LogP contribution in [0.25, 0.3) is 0 Å². The standard InChI is InChI=1S/C17H26N4O3/c1-12(2)8-14(21-17(23)15-11-24-7-6-19-15)16(22)20-10-13-4-3-5-18-9-13/h3-5,9,12,14-15,19H,6-8,10-11H2,1-2H3,(H,20,22)(H,21,23)/t14-,15-/m0/s1. The first-order valence-corrected chi connectivity index (χ1v) is 8.34. The summed E-state index contributed by atoms with van der Waals surface area (Å²) in [6.07, 6.45) is 3.98. The Kier molecular flexibility index (Phi) is 7.14. The number of pyridine rings is 1. The van der Waals surface area contributed by atoms with Crippen LogP contribution in [0.3, 0.4) is 0 Å². The number of morpholine rings is 1. The maximum absolute atomic E-state index is 12.5. The van der Waals surface area contributed by atoms with Crippen LogP contribution in [0.4, 0.5) is 0 Å². The van der Waals surface area contributed by atoms with Gasteiger partial charge < -0.3 is 20.7 Å². The molecule has 2 amide bonds. The van der Waals surface area contributed by atoms with Crippen LogP contribution in [0, 0.1) is 5.92 Å². The van der Waals surface area contributed by atoms with Crippen molar-refractivity contribution in [1.82, 2.24) is 20.9 Å². The van der Waals surface area contributed by atoms with Crippen LogP contribution >= 0.6 is 0 Å². The summed E-state index contributed by atoms with van der Waals surface area (Å²) in [5.74, 6) is -0.0930. The summed E-state index contributed by atoms with van der Waals surface area (Å²) in [4.78, 5) is 28.8. The fraction of sp³-hybridized carbons (Fsp3) is 0.588. The van der Waals surface area contributed by atoms with E-state index in [1.165, 1.54) is 0 Å². The molecule has 1 aromatic heterocycles. The minimum absolute atomic E-state index is 0.183. The molecule has 1 saturated heterocycles. The molecule has 0 spiro atoms. The number of carbonyl (C=O) groups excluding carboxylic acids is 2. The molecular formula is C17H26N4O3. The van der Waals surface area contributed by atoms with Gasteiger partial charge in [-0.1, -0.05) is 19.9 Å². The molecule has 24 heavy (non-hydrogen) atoms. The molecule has 0 unspecified atom stereocenters. The van der Waals surface area contributed by atoms with Gasteiger partial charge in [-0.05, 0) is 24.0 Å². The highest BCUT2D eigenvalue weighted by Gasteiger charge is 2.27. The molecule has 0 bridgehead atoms. The predicted octanol–water partition coefficient (Wildman–Crippen LogP) is 0.217. The zero-order chi connectivity index (χ0) is 17.4. The van der Waals surface area contributed by atoms with Crippen molar-refractivity contribution in [1.29, 1.82) is 0 Å². The molecule has 2 atom stereocenters. The minimum Gasteiger partial charge on any atom is -0.378 e. The van der Waals surface area contributed by atoms with E-state index in [2.05, 4.69) is 20.9 Å². The quantitative estimate of drug-likeness (QED) is 0.663. The first-order valence-electron chi connectivity index (χ1n) is 8.34. The highest BCUT2D eigenvalue weighted by Crippen LogP contribution is 2.07. The summed E-state index contributed by atoms with van der Waals surface area (Å²) >= 11 is 0. The van der Waals surface area contributed by atoms with Crippen molar-refractivity contribution in [2.24, 2.45) is 5.92 Å². The van der Waals surface area contributed by atoms with E-state index in [1.54, 1.807) is 12.4 Å². The van der Waals surface area contributed by atoms with Gasteiger partial charge in [0, 0.05) is 25.5 Å². The van der Waals surface area contributed by atoms with E-state index < -0.39 is 12.1 Å². The maximum atomic E-state index is 12.5. The number of rotatable bonds is 7. The topological polar surface area (TPSA) is 92.4 Å². The number of hydrogen-bond donors (Lipinski definition) is 3. The lowest BCUT2D eigenvalue weighted by Gasteiger charge is -2.26. The van der Waals surface area contributed by atoms with Crippen molar-refractivity contribution in [3.8, 4) is 0 Å². The minimum atomic E-state index is -0.558. The average molecular weight is 334 g/mol. The Morgan fingerprint density at radius 2 is 2.29 bits per heavy atom. The van der Waals surface area contributed by atoms with Crippen molar-refractivity contribution < 1.29 is 14.3 Å². The number of nitrogens with zero attached hydrogens (tertiary/aromatic N) is 1. The summed E-state index contributed by atoms with van der Waals surface area (Å²) in [6, 6.07) is 2.76. The molecule has 132 valence electrons. The van der Waals surface area contributed by atoms with E-state index >= 15 is 0 Å². The molecule has 2 heterocycles. The molecule has 1 aliphatic rings. The Bertz CT molecular complexity index is 530. The molecular weight excluding hydrogens is 308 g/mol. The van der Waals surface area contributed by atoms with E-state index in [9.17, 15) is 9.59 Å². The molecule has 7 heteroatoms. The third-order valence-electron chi connectivity index (χ3n) is 3.77. The van der Waals surface area contributed by atoms with Gasteiger partial charge in [0.05, 0.1) is 13.2 Å². The van der Waals surface area contributed by atoms with E-state index in [-0.39, 0.29) is 17.7 Å². The van der Waals surface area contributed by atoms with Crippen LogP contribution in [0.15, 0.2) is 24.5 Å². The Labute approximate surface area is 142 Å². The largest absolute Gasteiger partial charge is 0.378 e. The molecule has 1 aromatic rings. The highest BCUT2D eigenvalue weighted by molar-refractivity contribution is 5.89.